The SMILES string of the molecule is COc1cc(C=C(O)C(=O)O)cc(Br)c1O. The lowest BCUT2D eigenvalue weighted by molar-refractivity contribution is -0.135. The first-order valence-electron chi connectivity index (χ1n) is 4.16. The van der Waals surface area contributed by atoms with E-state index in [1.807, 2.05) is 0 Å². The largest absolute Gasteiger partial charge is 0.503 e. The zero-order chi connectivity index (χ0) is 12.3. The molecule has 0 radical (unpaired) electrons. The standard InChI is InChI=1S/C10H9BrO5/c1-16-8-4-5(2-6(11)9(8)13)3-7(12)10(14)15/h2-4,12-13H,1H3,(H,14,15). The first kappa shape index (κ1) is 12.4. The van der Waals surface area contributed by atoms with E-state index in [1.54, 1.807) is 0 Å². The van der Waals surface area contributed by atoms with Gasteiger partial charge in [0.1, 0.15) is 0 Å². The Morgan fingerprint density at radius 3 is 2.56 bits per heavy atom. The summed E-state index contributed by atoms with van der Waals surface area (Å²) in [5, 5.41) is 27.0. The Morgan fingerprint density at radius 2 is 2.06 bits per heavy atom. The van der Waals surface area contributed by atoms with Crippen molar-refractivity contribution in [2.45, 2.75) is 0 Å². The third kappa shape index (κ3) is 2.66. The number of phenols is 1. The van der Waals surface area contributed by atoms with E-state index in [0.717, 1.165) is 6.08 Å². The summed E-state index contributed by atoms with van der Waals surface area (Å²) in [5.74, 6) is -2.13. The van der Waals surface area contributed by atoms with Gasteiger partial charge in [-0.25, -0.2) is 4.79 Å². The minimum atomic E-state index is -1.43. The maximum atomic E-state index is 10.4. The van der Waals surface area contributed by atoms with E-state index in [2.05, 4.69) is 15.9 Å². The van der Waals surface area contributed by atoms with Gasteiger partial charge in [0.05, 0.1) is 11.6 Å². The number of rotatable bonds is 3. The third-order valence-corrected chi connectivity index (χ3v) is 2.40. The molecule has 0 aliphatic carbocycles. The summed E-state index contributed by atoms with van der Waals surface area (Å²) in [4.78, 5) is 10.4. The number of aliphatic carboxylic acids is 1. The highest BCUT2D eigenvalue weighted by atomic mass is 79.9. The Balaban J connectivity index is 3.22. The molecule has 5 nitrogen and oxygen atoms in total. The fourth-order valence-corrected chi connectivity index (χ4v) is 1.51. The molecule has 0 saturated carbocycles. The van der Waals surface area contributed by atoms with Crippen molar-refractivity contribution in [3.63, 3.8) is 0 Å². The number of hydrogen-bond donors (Lipinski definition) is 3. The summed E-state index contributed by atoms with van der Waals surface area (Å²) >= 11 is 3.08. The van der Waals surface area contributed by atoms with Crippen LogP contribution in [0, 0.1) is 0 Å². The molecule has 0 atom stereocenters. The average Bonchev–Trinajstić information content (AvgIpc) is 2.22. The molecule has 0 aliphatic rings. The lowest BCUT2D eigenvalue weighted by Crippen LogP contribution is -1.98. The van der Waals surface area contributed by atoms with Crippen LogP contribution in [-0.4, -0.2) is 28.4 Å². The van der Waals surface area contributed by atoms with E-state index in [9.17, 15) is 9.90 Å². The van der Waals surface area contributed by atoms with E-state index in [4.69, 9.17) is 14.9 Å². The van der Waals surface area contributed by atoms with E-state index in [1.165, 1.54) is 19.2 Å². The van der Waals surface area contributed by atoms with Gasteiger partial charge in [-0.2, -0.15) is 0 Å². The number of aromatic hydroxyl groups is 1. The minimum Gasteiger partial charge on any atom is -0.503 e. The monoisotopic (exact) mass is 288 g/mol. The Bertz CT molecular complexity index is 453. The van der Waals surface area contributed by atoms with Crippen LogP contribution in [0.3, 0.4) is 0 Å². The molecule has 0 saturated heterocycles. The molecule has 0 unspecified atom stereocenters. The van der Waals surface area contributed by atoms with E-state index >= 15 is 0 Å². The van der Waals surface area contributed by atoms with E-state index in [-0.39, 0.29) is 11.5 Å². The van der Waals surface area contributed by atoms with Gasteiger partial charge in [0.15, 0.2) is 11.5 Å². The number of halogens is 1. The van der Waals surface area contributed by atoms with Crippen LogP contribution in [0.15, 0.2) is 22.4 Å². The van der Waals surface area contributed by atoms with Crippen molar-refractivity contribution in [2.24, 2.45) is 0 Å². The number of aliphatic hydroxyl groups is 1. The van der Waals surface area contributed by atoms with Crippen LogP contribution in [0.4, 0.5) is 0 Å². The average molecular weight is 289 g/mol. The van der Waals surface area contributed by atoms with Crippen LogP contribution in [0.25, 0.3) is 6.08 Å². The number of ether oxygens (including phenoxy) is 1. The van der Waals surface area contributed by atoms with E-state index in [0.29, 0.717) is 10.0 Å². The number of benzene rings is 1. The van der Waals surface area contributed by atoms with Gasteiger partial charge in [-0.3, -0.25) is 0 Å². The molecule has 0 aromatic heterocycles. The Labute approximate surface area is 99.7 Å². The van der Waals surface area contributed by atoms with Crippen molar-refractivity contribution in [2.75, 3.05) is 7.11 Å². The van der Waals surface area contributed by atoms with Crippen LogP contribution in [0.2, 0.25) is 0 Å². The highest BCUT2D eigenvalue weighted by Crippen LogP contribution is 2.35. The van der Waals surface area contributed by atoms with Crippen molar-refractivity contribution in [3.8, 4) is 11.5 Å². The second-order valence-electron chi connectivity index (χ2n) is 2.89. The molecule has 0 spiro atoms. The van der Waals surface area contributed by atoms with Gasteiger partial charge in [-0.1, -0.05) is 0 Å². The van der Waals surface area contributed by atoms with Crippen LogP contribution < -0.4 is 4.74 Å². The molecular formula is C10H9BrO5. The number of aliphatic hydroxyl groups excluding tert-OH is 1. The van der Waals surface area contributed by atoms with Crippen LogP contribution in [-0.2, 0) is 4.79 Å². The van der Waals surface area contributed by atoms with E-state index < -0.39 is 11.7 Å². The third-order valence-electron chi connectivity index (χ3n) is 1.79. The number of methoxy groups -OCH3 is 1. The number of carboxylic acids is 1. The highest BCUT2D eigenvalue weighted by molar-refractivity contribution is 9.10. The Hall–Kier alpha value is -1.69. The van der Waals surface area contributed by atoms with Crippen molar-refractivity contribution in [3.05, 3.63) is 27.9 Å². The maximum absolute atomic E-state index is 10.4. The zero-order valence-electron chi connectivity index (χ0n) is 8.27. The molecule has 1 rings (SSSR count). The predicted molar refractivity (Wildman–Crippen MR) is 60.6 cm³/mol. The molecule has 3 N–H and O–H groups in total. The topological polar surface area (TPSA) is 87.0 Å². The summed E-state index contributed by atoms with van der Waals surface area (Å²) in [6.45, 7) is 0. The minimum absolute atomic E-state index is 0.0885. The van der Waals surface area contributed by atoms with Gasteiger partial charge in [0.25, 0.3) is 0 Å². The fourth-order valence-electron chi connectivity index (χ4n) is 1.05. The van der Waals surface area contributed by atoms with Gasteiger partial charge >= 0.3 is 5.97 Å². The Morgan fingerprint density at radius 1 is 1.44 bits per heavy atom. The number of hydrogen-bond acceptors (Lipinski definition) is 4. The first-order valence-corrected chi connectivity index (χ1v) is 4.95. The van der Waals surface area contributed by atoms with Crippen LogP contribution in [0.1, 0.15) is 5.56 Å². The second-order valence-corrected chi connectivity index (χ2v) is 3.74. The highest BCUT2D eigenvalue weighted by Gasteiger charge is 2.09. The van der Waals surface area contributed by atoms with Gasteiger partial charge in [0.2, 0.25) is 5.76 Å². The quantitative estimate of drug-likeness (QED) is 0.586. The molecule has 0 bridgehead atoms. The van der Waals surface area contributed by atoms with Gasteiger partial charge in [0, 0.05) is 0 Å². The van der Waals surface area contributed by atoms with Crippen molar-refractivity contribution in [1.29, 1.82) is 0 Å². The molecule has 0 amide bonds. The second kappa shape index (κ2) is 4.89. The predicted octanol–water partition coefficient (Wildman–Crippen LogP) is 2.15. The molecule has 1 aromatic rings. The molecule has 86 valence electrons. The number of carbonyl (C=O) groups is 1. The summed E-state index contributed by atoms with van der Waals surface area (Å²) < 4.78 is 5.21. The summed E-state index contributed by atoms with van der Waals surface area (Å²) in [7, 11) is 1.37. The fraction of sp³-hybridized carbons (Fsp3) is 0.100. The molecule has 1 aromatic carbocycles. The zero-order valence-corrected chi connectivity index (χ0v) is 9.85. The van der Waals surface area contributed by atoms with Crippen LogP contribution >= 0.6 is 15.9 Å². The summed E-state index contributed by atoms with van der Waals surface area (Å²) in [6, 6.07) is 2.86. The molecular weight excluding hydrogens is 280 g/mol. The molecule has 0 heterocycles. The first-order chi connectivity index (χ1) is 7.45. The van der Waals surface area contributed by atoms with Gasteiger partial charge in [-0.15, -0.1) is 0 Å². The lowest BCUT2D eigenvalue weighted by atomic mass is 10.2. The van der Waals surface area contributed by atoms with Crippen LogP contribution in [0.5, 0.6) is 11.5 Å². The number of carboxylic acid groups (broad SMARTS) is 1. The van der Waals surface area contributed by atoms with Crippen molar-refractivity contribution >= 4 is 28.0 Å². The smallest absolute Gasteiger partial charge is 0.370 e. The Kier molecular flexibility index (Phi) is 3.78. The summed E-state index contributed by atoms with van der Waals surface area (Å²) in [5.41, 5.74) is 0.390. The van der Waals surface area contributed by atoms with Gasteiger partial charge in [-0.05, 0) is 39.7 Å². The lowest BCUT2D eigenvalue weighted by Gasteiger charge is -2.06. The molecule has 6 heteroatoms. The molecule has 16 heavy (non-hydrogen) atoms. The van der Waals surface area contributed by atoms with Crippen molar-refractivity contribution in [1.82, 2.24) is 0 Å². The molecule has 0 fully saturated rings. The maximum Gasteiger partial charge on any atom is 0.370 e. The van der Waals surface area contributed by atoms with Gasteiger partial charge < -0.3 is 20.1 Å². The molecule has 0 aliphatic heterocycles. The normalized spacial score (nSPS) is 11.2. The summed E-state index contributed by atoms with van der Waals surface area (Å²) in [6.07, 6.45) is 1.05. The van der Waals surface area contributed by atoms with Crippen molar-refractivity contribution < 1.29 is 24.9 Å². The number of phenolic OH excluding ortho intramolecular Hbond substituents is 1.